The monoisotopic (exact) mass is 369 g/mol. The molecule has 28 heavy (non-hydrogen) atoms. The van der Waals surface area contributed by atoms with Gasteiger partial charge >= 0.3 is 0 Å². The van der Waals surface area contributed by atoms with E-state index in [2.05, 4.69) is 84.6 Å². The van der Waals surface area contributed by atoms with Crippen LogP contribution in [0.2, 0.25) is 0 Å². The van der Waals surface area contributed by atoms with Crippen molar-refractivity contribution in [2.24, 2.45) is 0 Å². The third kappa shape index (κ3) is 4.52. The van der Waals surface area contributed by atoms with Crippen molar-refractivity contribution in [3.63, 3.8) is 0 Å². The summed E-state index contributed by atoms with van der Waals surface area (Å²) in [6.45, 7) is 4.99. The number of hydrogen-bond donors (Lipinski definition) is 0. The molecule has 0 N–H and O–H groups in total. The van der Waals surface area contributed by atoms with E-state index in [4.69, 9.17) is 4.74 Å². The molecule has 1 heterocycles. The van der Waals surface area contributed by atoms with Crippen LogP contribution in [0.4, 0.5) is 0 Å². The van der Waals surface area contributed by atoms with Gasteiger partial charge in [0.15, 0.2) is 0 Å². The fourth-order valence-corrected chi connectivity index (χ4v) is 3.75. The van der Waals surface area contributed by atoms with Crippen LogP contribution in [0, 0.1) is 0 Å². The molecular formula is C26H27NO. The highest BCUT2D eigenvalue weighted by molar-refractivity contribution is 5.67. The molecule has 0 aliphatic carbocycles. The van der Waals surface area contributed by atoms with Crippen molar-refractivity contribution in [2.75, 3.05) is 13.1 Å². The summed E-state index contributed by atoms with van der Waals surface area (Å²) < 4.78 is 5.90. The van der Waals surface area contributed by atoms with Crippen molar-refractivity contribution in [3.8, 4) is 5.75 Å². The fourth-order valence-electron chi connectivity index (χ4n) is 3.75. The average Bonchev–Trinajstić information content (AvgIpc) is 2.79. The molecule has 0 saturated heterocycles. The molecule has 142 valence electrons. The van der Waals surface area contributed by atoms with E-state index in [1.165, 1.54) is 22.3 Å². The SMILES string of the molecule is C[C@@H](c1ccccc1)N1CC=C(c2ccc(OCc3ccccc3)cc2)CC1. The maximum Gasteiger partial charge on any atom is 0.119 e. The molecule has 3 aromatic rings. The van der Waals surface area contributed by atoms with E-state index >= 15 is 0 Å². The molecule has 3 aromatic carbocycles. The minimum atomic E-state index is 0.452. The van der Waals surface area contributed by atoms with Gasteiger partial charge in [-0.15, -0.1) is 0 Å². The Kier molecular flexibility index (Phi) is 5.89. The van der Waals surface area contributed by atoms with Crippen molar-refractivity contribution in [2.45, 2.75) is 26.0 Å². The van der Waals surface area contributed by atoms with Gasteiger partial charge in [0.1, 0.15) is 12.4 Å². The molecule has 0 fully saturated rings. The molecule has 2 nitrogen and oxygen atoms in total. The summed E-state index contributed by atoms with van der Waals surface area (Å²) in [5.74, 6) is 0.920. The molecular weight excluding hydrogens is 342 g/mol. The van der Waals surface area contributed by atoms with Crippen LogP contribution in [0.25, 0.3) is 5.57 Å². The number of rotatable bonds is 6. The van der Waals surface area contributed by atoms with Gasteiger partial charge in [-0.1, -0.05) is 78.9 Å². The molecule has 0 saturated carbocycles. The predicted molar refractivity (Wildman–Crippen MR) is 116 cm³/mol. The van der Waals surface area contributed by atoms with Crippen LogP contribution >= 0.6 is 0 Å². The van der Waals surface area contributed by atoms with Gasteiger partial charge in [0.2, 0.25) is 0 Å². The molecule has 0 amide bonds. The Balaban J connectivity index is 1.35. The summed E-state index contributed by atoms with van der Waals surface area (Å²) in [5.41, 5.74) is 5.32. The molecule has 0 aromatic heterocycles. The van der Waals surface area contributed by atoms with E-state index in [1.54, 1.807) is 0 Å². The number of hydrogen-bond acceptors (Lipinski definition) is 2. The zero-order valence-electron chi connectivity index (χ0n) is 16.4. The molecule has 1 aliphatic rings. The summed E-state index contributed by atoms with van der Waals surface area (Å²) in [5, 5.41) is 0. The molecule has 4 rings (SSSR count). The standard InChI is InChI=1S/C26H27NO/c1-21(23-10-6-3-7-11-23)27-18-16-25(17-19-27)24-12-14-26(15-13-24)28-20-22-8-4-2-5-9-22/h2-16,21H,17-20H2,1H3/t21-/m0/s1. The first kappa shape index (κ1) is 18.5. The highest BCUT2D eigenvalue weighted by atomic mass is 16.5. The Labute approximate surface area is 168 Å². The molecule has 0 spiro atoms. The number of ether oxygens (including phenoxy) is 1. The molecule has 1 atom stereocenters. The highest BCUT2D eigenvalue weighted by Crippen LogP contribution is 2.29. The largest absolute Gasteiger partial charge is 0.489 e. The smallest absolute Gasteiger partial charge is 0.119 e. The van der Waals surface area contributed by atoms with Crippen LogP contribution in [0.5, 0.6) is 5.75 Å². The van der Waals surface area contributed by atoms with Crippen LogP contribution in [0.15, 0.2) is 91.0 Å². The summed E-state index contributed by atoms with van der Waals surface area (Å²) in [4.78, 5) is 2.54. The van der Waals surface area contributed by atoms with Gasteiger partial charge in [-0.3, -0.25) is 4.90 Å². The van der Waals surface area contributed by atoms with Gasteiger partial charge in [-0.2, -0.15) is 0 Å². The predicted octanol–water partition coefficient (Wildman–Crippen LogP) is 6.12. The minimum Gasteiger partial charge on any atom is -0.489 e. The topological polar surface area (TPSA) is 12.5 Å². The summed E-state index contributed by atoms with van der Waals surface area (Å²) in [6.07, 6.45) is 3.46. The van der Waals surface area contributed by atoms with E-state index in [9.17, 15) is 0 Å². The van der Waals surface area contributed by atoms with Crippen LogP contribution in [-0.2, 0) is 6.61 Å². The molecule has 0 unspecified atom stereocenters. The Morgan fingerprint density at radius 1 is 0.857 bits per heavy atom. The van der Waals surface area contributed by atoms with Crippen molar-refractivity contribution in [1.29, 1.82) is 0 Å². The average molecular weight is 370 g/mol. The zero-order valence-corrected chi connectivity index (χ0v) is 16.4. The maximum atomic E-state index is 5.90. The van der Waals surface area contributed by atoms with E-state index in [0.717, 1.165) is 25.3 Å². The van der Waals surface area contributed by atoms with Crippen LogP contribution in [0.3, 0.4) is 0 Å². The van der Waals surface area contributed by atoms with Crippen molar-refractivity contribution in [3.05, 3.63) is 108 Å². The first-order valence-corrected chi connectivity index (χ1v) is 10.0. The molecule has 1 aliphatic heterocycles. The molecule has 2 heteroatoms. The first-order chi connectivity index (χ1) is 13.8. The Bertz CT molecular complexity index is 900. The Morgan fingerprint density at radius 2 is 1.54 bits per heavy atom. The fraction of sp³-hybridized carbons (Fsp3) is 0.231. The second-order valence-electron chi connectivity index (χ2n) is 7.36. The lowest BCUT2D eigenvalue weighted by Crippen LogP contribution is -2.31. The van der Waals surface area contributed by atoms with Gasteiger partial charge in [0, 0.05) is 19.1 Å². The van der Waals surface area contributed by atoms with Crippen LogP contribution in [0.1, 0.15) is 36.1 Å². The normalized spacial score (nSPS) is 15.7. The summed E-state index contributed by atoms with van der Waals surface area (Å²) in [7, 11) is 0. The molecule has 0 radical (unpaired) electrons. The van der Waals surface area contributed by atoms with E-state index < -0.39 is 0 Å². The van der Waals surface area contributed by atoms with Gasteiger partial charge in [0.25, 0.3) is 0 Å². The van der Waals surface area contributed by atoms with Crippen LogP contribution < -0.4 is 4.74 Å². The Morgan fingerprint density at radius 3 is 2.18 bits per heavy atom. The van der Waals surface area contributed by atoms with Crippen LogP contribution in [-0.4, -0.2) is 18.0 Å². The minimum absolute atomic E-state index is 0.452. The van der Waals surface area contributed by atoms with E-state index in [1.807, 2.05) is 18.2 Å². The van der Waals surface area contributed by atoms with Gasteiger partial charge < -0.3 is 4.74 Å². The lowest BCUT2D eigenvalue weighted by atomic mass is 9.97. The summed E-state index contributed by atoms with van der Waals surface area (Å²) in [6, 6.07) is 30.0. The Hall–Kier alpha value is -2.84. The van der Waals surface area contributed by atoms with Crippen molar-refractivity contribution in [1.82, 2.24) is 4.90 Å². The first-order valence-electron chi connectivity index (χ1n) is 10.0. The van der Waals surface area contributed by atoms with Gasteiger partial charge in [0.05, 0.1) is 0 Å². The quantitative estimate of drug-likeness (QED) is 0.519. The highest BCUT2D eigenvalue weighted by Gasteiger charge is 2.19. The summed E-state index contributed by atoms with van der Waals surface area (Å²) >= 11 is 0. The second-order valence-corrected chi connectivity index (χ2v) is 7.36. The third-order valence-corrected chi connectivity index (χ3v) is 5.54. The van der Waals surface area contributed by atoms with E-state index in [-0.39, 0.29) is 0 Å². The molecule has 0 bridgehead atoms. The van der Waals surface area contributed by atoms with E-state index in [0.29, 0.717) is 12.6 Å². The number of benzene rings is 3. The zero-order chi connectivity index (χ0) is 19.2. The lowest BCUT2D eigenvalue weighted by molar-refractivity contribution is 0.233. The second kappa shape index (κ2) is 8.90. The van der Waals surface area contributed by atoms with Gasteiger partial charge in [-0.25, -0.2) is 0 Å². The number of nitrogens with zero attached hydrogens (tertiary/aromatic N) is 1. The third-order valence-electron chi connectivity index (χ3n) is 5.54. The van der Waals surface area contributed by atoms with Crippen molar-refractivity contribution < 1.29 is 4.74 Å². The lowest BCUT2D eigenvalue weighted by Gasteiger charge is -2.32. The van der Waals surface area contributed by atoms with Crippen molar-refractivity contribution >= 4 is 5.57 Å². The van der Waals surface area contributed by atoms with Gasteiger partial charge in [-0.05, 0) is 47.7 Å². The maximum absolute atomic E-state index is 5.90.